The monoisotopic (exact) mass is 493 g/mol. The zero-order valence-corrected chi connectivity index (χ0v) is 20.1. The number of hydrogen-bond acceptors (Lipinski definition) is 4. The van der Waals surface area contributed by atoms with Gasteiger partial charge in [-0.2, -0.15) is 0 Å². The van der Waals surface area contributed by atoms with Crippen molar-refractivity contribution in [2.24, 2.45) is 10.9 Å². The Morgan fingerprint density at radius 3 is 2.73 bits per heavy atom. The van der Waals surface area contributed by atoms with Crippen molar-refractivity contribution in [2.45, 2.75) is 59.9 Å². The second-order valence-electron chi connectivity index (χ2n) is 7.33. The standard InChI is InChI=1S/C19H35N5S.HI/c1-6-20-19(21-10-9-18-23-15(4)16(5)25-18)22-12-17-8-7-11-24(17)13-14(2)3;/h14,17H,6-13H2,1-5H3,(H2,20,21,22);1H/t17-;/m1./s1. The molecule has 2 N–H and O–H groups in total. The molecule has 26 heavy (non-hydrogen) atoms. The fourth-order valence-corrected chi connectivity index (χ4v) is 4.22. The third kappa shape index (κ3) is 7.68. The van der Waals surface area contributed by atoms with Gasteiger partial charge in [0.2, 0.25) is 0 Å². The lowest BCUT2D eigenvalue weighted by Gasteiger charge is -2.25. The van der Waals surface area contributed by atoms with Crippen molar-refractivity contribution in [3.05, 3.63) is 15.6 Å². The van der Waals surface area contributed by atoms with Gasteiger partial charge in [0, 0.05) is 37.0 Å². The van der Waals surface area contributed by atoms with Crippen LogP contribution >= 0.6 is 35.3 Å². The summed E-state index contributed by atoms with van der Waals surface area (Å²) in [6.07, 6.45) is 3.53. The summed E-state index contributed by atoms with van der Waals surface area (Å²) in [5.41, 5.74) is 1.16. The van der Waals surface area contributed by atoms with E-state index in [9.17, 15) is 0 Å². The molecule has 0 spiro atoms. The highest BCUT2D eigenvalue weighted by Gasteiger charge is 2.24. The lowest BCUT2D eigenvalue weighted by atomic mass is 10.2. The molecule has 150 valence electrons. The van der Waals surface area contributed by atoms with E-state index in [2.05, 4.69) is 55.1 Å². The molecule has 1 aromatic rings. The van der Waals surface area contributed by atoms with Crippen LogP contribution in [0.25, 0.3) is 0 Å². The minimum absolute atomic E-state index is 0. The van der Waals surface area contributed by atoms with Gasteiger partial charge >= 0.3 is 0 Å². The number of nitrogens with one attached hydrogen (secondary N) is 2. The largest absolute Gasteiger partial charge is 0.357 e. The second-order valence-corrected chi connectivity index (χ2v) is 8.62. The molecule has 1 aromatic heterocycles. The molecular weight excluding hydrogens is 457 g/mol. The van der Waals surface area contributed by atoms with Crippen LogP contribution in [0.4, 0.5) is 0 Å². The summed E-state index contributed by atoms with van der Waals surface area (Å²) in [5, 5.41) is 8.04. The predicted octanol–water partition coefficient (Wildman–Crippen LogP) is 3.60. The summed E-state index contributed by atoms with van der Waals surface area (Å²) < 4.78 is 0. The highest BCUT2D eigenvalue weighted by Crippen LogP contribution is 2.19. The van der Waals surface area contributed by atoms with Gasteiger partial charge in [0.15, 0.2) is 5.96 Å². The molecule has 0 aromatic carbocycles. The molecule has 0 saturated carbocycles. The van der Waals surface area contributed by atoms with Crippen molar-refractivity contribution < 1.29 is 0 Å². The molecule has 2 heterocycles. The topological polar surface area (TPSA) is 52.6 Å². The Kier molecular flexibility index (Phi) is 11.0. The van der Waals surface area contributed by atoms with Crippen molar-refractivity contribution in [2.75, 3.05) is 32.7 Å². The molecule has 0 bridgehead atoms. The number of nitrogens with zero attached hydrogens (tertiary/aromatic N) is 3. The van der Waals surface area contributed by atoms with E-state index >= 15 is 0 Å². The van der Waals surface area contributed by atoms with Gasteiger partial charge in [0.25, 0.3) is 0 Å². The van der Waals surface area contributed by atoms with Crippen LogP contribution in [0.5, 0.6) is 0 Å². The van der Waals surface area contributed by atoms with Crippen LogP contribution in [0.3, 0.4) is 0 Å². The normalized spacial score (nSPS) is 18.2. The first-order chi connectivity index (χ1) is 12.0. The van der Waals surface area contributed by atoms with Crippen LogP contribution < -0.4 is 10.6 Å². The average Bonchev–Trinajstić information content (AvgIpc) is 3.11. The molecule has 1 atom stereocenters. The number of aryl methyl sites for hydroxylation is 2. The van der Waals surface area contributed by atoms with Crippen molar-refractivity contribution in [1.82, 2.24) is 20.5 Å². The maximum atomic E-state index is 4.84. The summed E-state index contributed by atoms with van der Waals surface area (Å²) in [6.45, 7) is 16.0. The molecule has 0 radical (unpaired) electrons. The molecule has 0 aliphatic carbocycles. The van der Waals surface area contributed by atoms with Crippen LogP contribution in [0, 0.1) is 19.8 Å². The Hall–Kier alpha value is -0.410. The summed E-state index contributed by atoms with van der Waals surface area (Å²) >= 11 is 1.80. The average molecular weight is 494 g/mol. The number of hydrogen-bond donors (Lipinski definition) is 2. The van der Waals surface area contributed by atoms with Gasteiger partial charge in [-0.1, -0.05) is 13.8 Å². The number of guanidine groups is 1. The lowest BCUT2D eigenvalue weighted by Crippen LogP contribution is -2.40. The third-order valence-electron chi connectivity index (χ3n) is 4.61. The van der Waals surface area contributed by atoms with Crippen LogP contribution in [-0.2, 0) is 6.42 Å². The van der Waals surface area contributed by atoms with Gasteiger partial charge in [-0.15, -0.1) is 35.3 Å². The Morgan fingerprint density at radius 1 is 1.35 bits per heavy atom. The van der Waals surface area contributed by atoms with Crippen molar-refractivity contribution in [1.29, 1.82) is 0 Å². The number of thiazole rings is 1. The maximum Gasteiger partial charge on any atom is 0.191 e. The van der Waals surface area contributed by atoms with Gasteiger partial charge < -0.3 is 10.6 Å². The van der Waals surface area contributed by atoms with Gasteiger partial charge in [-0.05, 0) is 46.1 Å². The fourth-order valence-electron chi connectivity index (χ4n) is 3.28. The van der Waals surface area contributed by atoms with Crippen LogP contribution in [0.2, 0.25) is 0 Å². The Labute approximate surface area is 180 Å². The number of aliphatic imine (C=N–C) groups is 1. The molecule has 1 aliphatic heterocycles. The molecule has 1 saturated heterocycles. The molecule has 1 aliphatic rings. The van der Waals surface area contributed by atoms with Crippen LogP contribution in [0.1, 0.15) is 49.2 Å². The Bertz CT molecular complexity index is 539. The highest BCUT2D eigenvalue weighted by atomic mass is 127. The van der Waals surface area contributed by atoms with Crippen molar-refractivity contribution in [3.8, 4) is 0 Å². The molecule has 2 rings (SSSR count). The number of likely N-dealkylation sites (tertiary alicyclic amines) is 1. The first-order valence-corrected chi connectivity index (χ1v) is 10.5. The van der Waals surface area contributed by atoms with E-state index in [4.69, 9.17) is 4.99 Å². The van der Waals surface area contributed by atoms with Gasteiger partial charge in [0.05, 0.1) is 17.2 Å². The van der Waals surface area contributed by atoms with Crippen LogP contribution in [0.15, 0.2) is 4.99 Å². The zero-order chi connectivity index (χ0) is 18.2. The van der Waals surface area contributed by atoms with E-state index in [1.165, 1.54) is 35.8 Å². The smallest absolute Gasteiger partial charge is 0.191 e. The molecule has 1 fully saturated rings. The SMILES string of the molecule is CCNC(=NC[C@H]1CCCN1CC(C)C)NCCc1nc(C)c(C)s1.I. The summed E-state index contributed by atoms with van der Waals surface area (Å²) in [5.74, 6) is 1.66. The number of rotatable bonds is 8. The molecule has 7 heteroatoms. The second kappa shape index (κ2) is 12.1. The van der Waals surface area contributed by atoms with E-state index in [1.54, 1.807) is 11.3 Å². The fraction of sp³-hybridized carbons (Fsp3) is 0.789. The van der Waals surface area contributed by atoms with E-state index in [0.717, 1.165) is 43.6 Å². The zero-order valence-electron chi connectivity index (χ0n) is 17.0. The Morgan fingerprint density at radius 2 is 2.12 bits per heavy atom. The molecule has 5 nitrogen and oxygen atoms in total. The van der Waals surface area contributed by atoms with Gasteiger partial charge in [0.1, 0.15) is 0 Å². The number of aromatic nitrogens is 1. The minimum atomic E-state index is 0. The van der Waals surface area contributed by atoms with Crippen molar-refractivity contribution >= 4 is 41.3 Å². The van der Waals surface area contributed by atoms with E-state index in [0.29, 0.717) is 6.04 Å². The first kappa shape index (κ1) is 23.6. The van der Waals surface area contributed by atoms with E-state index < -0.39 is 0 Å². The number of halogens is 1. The van der Waals surface area contributed by atoms with Crippen LogP contribution in [-0.4, -0.2) is 54.6 Å². The lowest BCUT2D eigenvalue weighted by molar-refractivity contribution is 0.231. The summed E-state index contributed by atoms with van der Waals surface area (Å²) in [4.78, 5) is 13.4. The first-order valence-electron chi connectivity index (χ1n) is 9.68. The highest BCUT2D eigenvalue weighted by molar-refractivity contribution is 14.0. The van der Waals surface area contributed by atoms with Gasteiger partial charge in [-0.25, -0.2) is 4.98 Å². The molecular formula is C19H36IN5S. The minimum Gasteiger partial charge on any atom is -0.357 e. The summed E-state index contributed by atoms with van der Waals surface area (Å²) in [7, 11) is 0. The molecule has 0 unspecified atom stereocenters. The predicted molar refractivity (Wildman–Crippen MR) is 124 cm³/mol. The van der Waals surface area contributed by atoms with Gasteiger partial charge in [-0.3, -0.25) is 9.89 Å². The van der Waals surface area contributed by atoms with E-state index in [-0.39, 0.29) is 24.0 Å². The summed E-state index contributed by atoms with van der Waals surface area (Å²) in [6, 6.07) is 0.599. The third-order valence-corrected chi connectivity index (χ3v) is 5.74. The van der Waals surface area contributed by atoms with E-state index in [1.807, 2.05) is 0 Å². The van der Waals surface area contributed by atoms with Crippen molar-refractivity contribution in [3.63, 3.8) is 0 Å². The maximum absolute atomic E-state index is 4.84. The molecule has 0 amide bonds. The Balaban J connectivity index is 0.00000338. The quantitative estimate of drug-likeness (QED) is 0.330.